The molecule has 0 atom stereocenters. The molecule has 0 saturated heterocycles. The Balaban J connectivity index is 1.57. The van der Waals surface area contributed by atoms with Crippen molar-refractivity contribution in [3.8, 4) is 11.5 Å². The Morgan fingerprint density at radius 2 is 1.40 bits per heavy atom. The summed E-state index contributed by atoms with van der Waals surface area (Å²) in [4.78, 5) is 24.4. The first-order chi connectivity index (χ1) is 14.3. The molecule has 0 aliphatic rings. The minimum absolute atomic E-state index is 0.132. The van der Waals surface area contributed by atoms with E-state index in [1.54, 1.807) is 36.4 Å². The van der Waals surface area contributed by atoms with Crippen molar-refractivity contribution in [2.45, 2.75) is 6.36 Å². The first-order valence-electron chi connectivity index (χ1n) is 8.79. The zero-order chi connectivity index (χ0) is 21.6. The Kier molecular flexibility index (Phi) is 6.36. The van der Waals surface area contributed by atoms with E-state index in [4.69, 9.17) is 4.74 Å². The van der Waals surface area contributed by atoms with E-state index < -0.39 is 24.6 Å². The standard InChI is InChI=1S/C22H16F3NO4/c23-22(24,25)30-19-9-5-4-8-18(19)26-20(27)14-29-17-12-10-16(11-13-17)21(28)15-6-2-1-3-7-15/h1-13H,14H2,(H,26,27). The summed E-state index contributed by atoms with van der Waals surface area (Å²) in [5, 5.41) is 2.31. The number of para-hydroxylation sites is 2. The van der Waals surface area contributed by atoms with E-state index >= 15 is 0 Å². The predicted molar refractivity (Wildman–Crippen MR) is 104 cm³/mol. The lowest BCUT2D eigenvalue weighted by atomic mass is 10.0. The third kappa shape index (κ3) is 5.84. The molecular weight excluding hydrogens is 399 g/mol. The van der Waals surface area contributed by atoms with Crippen LogP contribution in [0, 0.1) is 0 Å². The fraction of sp³-hybridized carbons (Fsp3) is 0.0909. The number of ketones is 1. The van der Waals surface area contributed by atoms with Crippen LogP contribution < -0.4 is 14.8 Å². The molecule has 1 N–H and O–H groups in total. The van der Waals surface area contributed by atoms with Gasteiger partial charge in [-0.3, -0.25) is 9.59 Å². The highest BCUT2D eigenvalue weighted by atomic mass is 19.4. The van der Waals surface area contributed by atoms with Crippen LogP contribution in [0.3, 0.4) is 0 Å². The molecule has 3 aromatic carbocycles. The average molecular weight is 415 g/mol. The molecule has 5 nitrogen and oxygen atoms in total. The van der Waals surface area contributed by atoms with E-state index in [-0.39, 0.29) is 11.5 Å². The lowest BCUT2D eigenvalue weighted by molar-refractivity contribution is -0.274. The summed E-state index contributed by atoms with van der Waals surface area (Å²) in [6.45, 7) is -0.438. The molecule has 0 aliphatic heterocycles. The Hall–Kier alpha value is -3.81. The highest BCUT2D eigenvalue weighted by molar-refractivity contribution is 6.09. The number of hydrogen-bond donors (Lipinski definition) is 1. The van der Waals surface area contributed by atoms with Crippen LogP contribution in [0.4, 0.5) is 18.9 Å². The van der Waals surface area contributed by atoms with Crippen LogP contribution in [0.2, 0.25) is 0 Å². The Morgan fingerprint density at radius 1 is 0.800 bits per heavy atom. The van der Waals surface area contributed by atoms with Gasteiger partial charge in [0.2, 0.25) is 0 Å². The molecule has 30 heavy (non-hydrogen) atoms. The Bertz CT molecular complexity index is 1020. The number of halogens is 3. The number of benzene rings is 3. The summed E-state index contributed by atoms with van der Waals surface area (Å²) < 4.78 is 46.5. The molecule has 0 heterocycles. The summed E-state index contributed by atoms with van der Waals surface area (Å²) in [7, 11) is 0. The molecule has 0 bridgehead atoms. The van der Waals surface area contributed by atoms with Crippen LogP contribution in [-0.4, -0.2) is 24.7 Å². The summed E-state index contributed by atoms with van der Waals surface area (Å²) in [6, 6.07) is 20.1. The van der Waals surface area contributed by atoms with E-state index in [1.165, 1.54) is 30.3 Å². The molecule has 0 unspecified atom stereocenters. The van der Waals surface area contributed by atoms with Crippen molar-refractivity contribution in [3.63, 3.8) is 0 Å². The van der Waals surface area contributed by atoms with Crippen molar-refractivity contribution >= 4 is 17.4 Å². The topological polar surface area (TPSA) is 64.6 Å². The molecule has 0 saturated carbocycles. The summed E-state index contributed by atoms with van der Waals surface area (Å²) in [5.74, 6) is -1.02. The van der Waals surface area contributed by atoms with Gasteiger partial charge in [0.25, 0.3) is 5.91 Å². The van der Waals surface area contributed by atoms with Crippen molar-refractivity contribution < 1.29 is 32.2 Å². The lowest BCUT2D eigenvalue weighted by Gasteiger charge is -2.14. The van der Waals surface area contributed by atoms with Gasteiger partial charge in [0.1, 0.15) is 5.75 Å². The molecule has 0 aromatic heterocycles. The normalized spacial score (nSPS) is 10.9. The molecule has 0 fully saturated rings. The largest absolute Gasteiger partial charge is 0.573 e. The number of carbonyl (C=O) groups excluding carboxylic acids is 2. The van der Waals surface area contributed by atoms with Crippen molar-refractivity contribution in [2.75, 3.05) is 11.9 Å². The van der Waals surface area contributed by atoms with Gasteiger partial charge in [-0.25, -0.2) is 0 Å². The van der Waals surface area contributed by atoms with Gasteiger partial charge in [0.05, 0.1) is 5.69 Å². The molecule has 0 aliphatic carbocycles. The van der Waals surface area contributed by atoms with Gasteiger partial charge >= 0.3 is 6.36 Å². The molecule has 1 amide bonds. The minimum Gasteiger partial charge on any atom is -0.484 e. The van der Waals surface area contributed by atoms with Crippen LogP contribution in [0.5, 0.6) is 11.5 Å². The van der Waals surface area contributed by atoms with Crippen LogP contribution in [0.25, 0.3) is 0 Å². The molecule has 0 radical (unpaired) electrons. The number of anilines is 1. The summed E-state index contributed by atoms with van der Waals surface area (Å²) in [6.07, 6.45) is -4.88. The van der Waals surface area contributed by atoms with Crippen LogP contribution in [0.1, 0.15) is 15.9 Å². The SMILES string of the molecule is O=C(COc1ccc(C(=O)c2ccccc2)cc1)Nc1ccccc1OC(F)(F)F. The second kappa shape index (κ2) is 9.13. The fourth-order valence-corrected chi connectivity index (χ4v) is 2.58. The highest BCUT2D eigenvalue weighted by Gasteiger charge is 2.32. The second-order valence-corrected chi connectivity index (χ2v) is 6.10. The second-order valence-electron chi connectivity index (χ2n) is 6.10. The molecular formula is C22H16F3NO4. The first kappa shape index (κ1) is 20.9. The van der Waals surface area contributed by atoms with E-state index in [2.05, 4.69) is 10.1 Å². The fourth-order valence-electron chi connectivity index (χ4n) is 2.58. The number of hydrogen-bond acceptors (Lipinski definition) is 4. The predicted octanol–water partition coefficient (Wildman–Crippen LogP) is 4.83. The van der Waals surface area contributed by atoms with Gasteiger partial charge in [0.15, 0.2) is 18.1 Å². The first-order valence-corrected chi connectivity index (χ1v) is 8.79. The van der Waals surface area contributed by atoms with E-state index in [0.29, 0.717) is 16.9 Å². The quantitative estimate of drug-likeness (QED) is 0.561. The Morgan fingerprint density at radius 3 is 2.07 bits per heavy atom. The zero-order valence-electron chi connectivity index (χ0n) is 15.5. The van der Waals surface area contributed by atoms with E-state index in [0.717, 1.165) is 6.07 Å². The molecule has 8 heteroatoms. The number of alkyl halides is 3. The van der Waals surface area contributed by atoms with Crippen LogP contribution in [-0.2, 0) is 4.79 Å². The smallest absolute Gasteiger partial charge is 0.484 e. The number of ether oxygens (including phenoxy) is 2. The highest BCUT2D eigenvalue weighted by Crippen LogP contribution is 2.29. The maximum atomic E-state index is 12.4. The number of rotatable bonds is 7. The monoisotopic (exact) mass is 415 g/mol. The summed E-state index contributed by atoms with van der Waals surface area (Å²) >= 11 is 0. The summed E-state index contributed by atoms with van der Waals surface area (Å²) in [5.41, 5.74) is 0.869. The molecule has 154 valence electrons. The van der Waals surface area contributed by atoms with E-state index in [9.17, 15) is 22.8 Å². The van der Waals surface area contributed by atoms with Gasteiger partial charge in [-0.1, -0.05) is 42.5 Å². The van der Waals surface area contributed by atoms with Crippen molar-refractivity contribution in [3.05, 3.63) is 90.0 Å². The Labute approximate surface area is 170 Å². The third-order valence-corrected chi connectivity index (χ3v) is 3.91. The van der Waals surface area contributed by atoms with Gasteiger partial charge in [0, 0.05) is 11.1 Å². The average Bonchev–Trinajstić information content (AvgIpc) is 2.73. The van der Waals surface area contributed by atoms with Crippen molar-refractivity contribution in [2.24, 2.45) is 0 Å². The minimum atomic E-state index is -4.88. The maximum Gasteiger partial charge on any atom is 0.573 e. The molecule has 0 spiro atoms. The zero-order valence-corrected chi connectivity index (χ0v) is 15.5. The van der Waals surface area contributed by atoms with Crippen molar-refractivity contribution in [1.29, 1.82) is 0 Å². The van der Waals surface area contributed by atoms with E-state index in [1.807, 2.05) is 6.07 Å². The molecule has 3 rings (SSSR count). The van der Waals surface area contributed by atoms with Crippen LogP contribution in [0.15, 0.2) is 78.9 Å². The van der Waals surface area contributed by atoms with Gasteiger partial charge in [-0.15, -0.1) is 13.2 Å². The van der Waals surface area contributed by atoms with Crippen molar-refractivity contribution in [1.82, 2.24) is 0 Å². The number of nitrogens with one attached hydrogen (secondary N) is 1. The van der Waals surface area contributed by atoms with Gasteiger partial charge in [-0.2, -0.15) is 0 Å². The lowest BCUT2D eigenvalue weighted by Crippen LogP contribution is -2.22. The molecule has 3 aromatic rings. The van der Waals surface area contributed by atoms with Gasteiger partial charge in [-0.05, 0) is 36.4 Å². The number of amides is 1. The van der Waals surface area contributed by atoms with Gasteiger partial charge < -0.3 is 14.8 Å². The third-order valence-electron chi connectivity index (χ3n) is 3.91. The maximum absolute atomic E-state index is 12.4. The number of carbonyl (C=O) groups is 2. The van der Waals surface area contributed by atoms with Crippen LogP contribution >= 0.6 is 0 Å².